The fraction of sp³-hybridized carbons (Fsp3) is 0.312. The molecular formula is C16H17ClN4O6. The number of carboxylic acid groups (broad SMARTS) is 1. The van der Waals surface area contributed by atoms with Crippen molar-refractivity contribution < 1.29 is 29.0 Å². The number of aromatic nitrogens is 3. The summed E-state index contributed by atoms with van der Waals surface area (Å²) >= 11 is 0. The van der Waals surface area contributed by atoms with Crippen LogP contribution in [0.15, 0.2) is 36.8 Å². The number of carbonyl (C=O) groups excluding carboxylic acids is 2. The number of aliphatic carboxylic acids is 1. The Morgan fingerprint density at radius 3 is 2.67 bits per heavy atom. The van der Waals surface area contributed by atoms with Crippen LogP contribution in [-0.4, -0.2) is 63.1 Å². The maximum atomic E-state index is 12.7. The molecule has 1 N–H and O–H groups in total. The number of anilines is 1. The highest BCUT2D eigenvalue weighted by Crippen LogP contribution is 2.21. The molecule has 0 spiro atoms. The highest BCUT2D eigenvalue weighted by atomic mass is 35.5. The van der Waals surface area contributed by atoms with Crippen molar-refractivity contribution in [2.45, 2.75) is 19.1 Å². The molecule has 27 heavy (non-hydrogen) atoms. The predicted molar refractivity (Wildman–Crippen MR) is 93.9 cm³/mol. The molecular weight excluding hydrogens is 380 g/mol. The summed E-state index contributed by atoms with van der Waals surface area (Å²) in [6, 6.07) is 5.13. The molecule has 2 aromatic heterocycles. The Balaban J connectivity index is 0.00000261. The molecule has 0 aromatic carbocycles. The van der Waals surface area contributed by atoms with Gasteiger partial charge < -0.3 is 14.6 Å². The van der Waals surface area contributed by atoms with E-state index < -0.39 is 30.1 Å². The van der Waals surface area contributed by atoms with Crippen molar-refractivity contribution in [3.63, 3.8) is 0 Å². The summed E-state index contributed by atoms with van der Waals surface area (Å²) < 4.78 is 11.6. The molecule has 3 heterocycles. The van der Waals surface area contributed by atoms with Gasteiger partial charge in [0.2, 0.25) is 6.10 Å². The largest absolute Gasteiger partial charge is 0.478 e. The van der Waals surface area contributed by atoms with Gasteiger partial charge in [-0.25, -0.2) is 9.48 Å². The van der Waals surface area contributed by atoms with Gasteiger partial charge in [0.1, 0.15) is 0 Å². The Bertz CT molecular complexity index is 827. The van der Waals surface area contributed by atoms with E-state index in [9.17, 15) is 19.5 Å². The van der Waals surface area contributed by atoms with Crippen LogP contribution in [0.25, 0.3) is 5.69 Å². The van der Waals surface area contributed by atoms with Gasteiger partial charge in [-0.1, -0.05) is 0 Å². The molecule has 1 saturated heterocycles. The molecule has 1 aliphatic rings. The number of halogens is 1. The van der Waals surface area contributed by atoms with Gasteiger partial charge in [-0.2, -0.15) is 0 Å². The first-order chi connectivity index (χ1) is 12.5. The number of morpholine rings is 1. The van der Waals surface area contributed by atoms with Gasteiger partial charge in [0, 0.05) is 31.6 Å². The first-order valence-electron chi connectivity index (χ1n) is 7.76. The summed E-state index contributed by atoms with van der Waals surface area (Å²) in [7, 11) is 0. The lowest BCUT2D eigenvalue weighted by molar-refractivity contribution is -0.177. The fourth-order valence-electron chi connectivity index (χ4n) is 2.57. The van der Waals surface area contributed by atoms with Crippen LogP contribution in [0, 0.1) is 0 Å². The second-order valence-corrected chi connectivity index (χ2v) is 5.47. The van der Waals surface area contributed by atoms with Crippen LogP contribution in [0.1, 0.15) is 6.92 Å². The summed E-state index contributed by atoms with van der Waals surface area (Å²) in [4.78, 5) is 40.4. The quantitative estimate of drug-likeness (QED) is 0.722. The van der Waals surface area contributed by atoms with Crippen LogP contribution in [0.5, 0.6) is 0 Å². The third-order valence-electron chi connectivity index (χ3n) is 3.71. The lowest BCUT2D eigenvalue weighted by atomic mass is 10.1. The number of hydrogen-bond donors (Lipinski definition) is 1. The zero-order valence-electron chi connectivity index (χ0n) is 14.2. The topological polar surface area (TPSA) is 124 Å². The SMILES string of the molecule is CC(=O)O[C@@H](C(=O)O)C1OCCN(c2ccn(-c3ccncc3)n2)C1=O.Cl. The molecule has 0 bridgehead atoms. The van der Waals surface area contributed by atoms with Crippen molar-refractivity contribution >= 4 is 36.1 Å². The van der Waals surface area contributed by atoms with E-state index in [0.29, 0.717) is 5.82 Å². The molecule has 0 saturated carbocycles. The Hall–Kier alpha value is -2.98. The minimum absolute atomic E-state index is 0. The van der Waals surface area contributed by atoms with Crippen molar-refractivity contribution in [1.29, 1.82) is 0 Å². The zero-order valence-corrected chi connectivity index (χ0v) is 15.0. The molecule has 144 valence electrons. The smallest absolute Gasteiger partial charge is 0.348 e. The molecule has 0 radical (unpaired) electrons. The highest BCUT2D eigenvalue weighted by Gasteiger charge is 2.43. The van der Waals surface area contributed by atoms with Crippen LogP contribution >= 0.6 is 12.4 Å². The molecule has 1 fully saturated rings. The number of pyridine rings is 1. The number of esters is 1. The lowest BCUT2D eigenvalue weighted by Gasteiger charge is -2.33. The Kier molecular flexibility index (Phi) is 6.48. The van der Waals surface area contributed by atoms with Crippen molar-refractivity contribution in [3.8, 4) is 5.69 Å². The van der Waals surface area contributed by atoms with E-state index in [4.69, 9.17) is 9.47 Å². The Morgan fingerprint density at radius 2 is 2.04 bits per heavy atom. The van der Waals surface area contributed by atoms with E-state index in [2.05, 4.69) is 10.1 Å². The van der Waals surface area contributed by atoms with E-state index >= 15 is 0 Å². The summed E-state index contributed by atoms with van der Waals surface area (Å²) in [5, 5.41) is 13.6. The summed E-state index contributed by atoms with van der Waals surface area (Å²) in [5.74, 6) is -2.56. The van der Waals surface area contributed by atoms with E-state index in [1.54, 1.807) is 41.5 Å². The number of carbonyl (C=O) groups is 3. The van der Waals surface area contributed by atoms with Crippen molar-refractivity contribution in [2.24, 2.45) is 0 Å². The molecule has 1 amide bonds. The molecule has 0 aliphatic carbocycles. The molecule has 11 heteroatoms. The Morgan fingerprint density at radius 1 is 1.33 bits per heavy atom. The van der Waals surface area contributed by atoms with Gasteiger partial charge in [-0.15, -0.1) is 17.5 Å². The number of ether oxygens (including phenoxy) is 2. The van der Waals surface area contributed by atoms with Crippen molar-refractivity contribution in [3.05, 3.63) is 36.8 Å². The average Bonchev–Trinajstić information content (AvgIpc) is 3.10. The molecule has 2 atom stereocenters. The zero-order chi connectivity index (χ0) is 18.7. The van der Waals surface area contributed by atoms with E-state index in [1.807, 2.05) is 0 Å². The van der Waals surface area contributed by atoms with Gasteiger partial charge in [-0.05, 0) is 12.1 Å². The molecule has 1 unspecified atom stereocenters. The average molecular weight is 397 g/mol. The van der Waals surface area contributed by atoms with Gasteiger partial charge in [0.15, 0.2) is 11.9 Å². The third-order valence-corrected chi connectivity index (χ3v) is 3.71. The molecule has 2 aromatic rings. The first-order valence-corrected chi connectivity index (χ1v) is 7.76. The minimum atomic E-state index is -1.72. The maximum Gasteiger partial charge on any atom is 0.348 e. The monoisotopic (exact) mass is 396 g/mol. The van der Waals surface area contributed by atoms with Gasteiger partial charge >= 0.3 is 11.9 Å². The number of hydrogen-bond acceptors (Lipinski definition) is 7. The van der Waals surface area contributed by atoms with Crippen LogP contribution in [0.2, 0.25) is 0 Å². The summed E-state index contributed by atoms with van der Waals surface area (Å²) in [5.41, 5.74) is 0.756. The van der Waals surface area contributed by atoms with Gasteiger partial charge in [0.05, 0.1) is 18.8 Å². The fourth-order valence-corrected chi connectivity index (χ4v) is 2.57. The first kappa shape index (κ1) is 20.3. The maximum absolute atomic E-state index is 12.7. The van der Waals surface area contributed by atoms with Gasteiger partial charge in [-0.3, -0.25) is 19.5 Å². The molecule has 3 rings (SSSR count). The lowest BCUT2D eigenvalue weighted by Crippen LogP contribution is -2.55. The van der Waals surface area contributed by atoms with Crippen LogP contribution in [-0.2, 0) is 23.9 Å². The molecule has 1 aliphatic heterocycles. The Labute approximate surface area is 160 Å². The number of rotatable bonds is 5. The number of carboxylic acids is 1. The van der Waals surface area contributed by atoms with E-state index in [1.165, 1.54) is 4.90 Å². The van der Waals surface area contributed by atoms with E-state index in [-0.39, 0.29) is 25.6 Å². The normalized spacial score (nSPS) is 17.7. The van der Waals surface area contributed by atoms with Crippen LogP contribution in [0.3, 0.4) is 0 Å². The van der Waals surface area contributed by atoms with Gasteiger partial charge in [0.25, 0.3) is 5.91 Å². The van der Waals surface area contributed by atoms with Crippen molar-refractivity contribution in [1.82, 2.24) is 14.8 Å². The minimum Gasteiger partial charge on any atom is -0.478 e. The second-order valence-electron chi connectivity index (χ2n) is 5.47. The van der Waals surface area contributed by atoms with Crippen molar-refractivity contribution in [2.75, 3.05) is 18.1 Å². The van der Waals surface area contributed by atoms with E-state index in [0.717, 1.165) is 12.6 Å². The predicted octanol–water partition coefficient (Wildman–Crippen LogP) is 0.437. The number of nitrogens with zero attached hydrogens (tertiary/aromatic N) is 4. The summed E-state index contributed by atoms with van der Waals surface area (Å²) in [6.07, 6.45) is 1.75. The summed E-state index contributed by atoms with van der Waals surface area (Å²) in [6.45, 7) is 1.36. The standard InChI is InChI=1S/C16H16N4O6.ClH/c1-10(21)26-14(16(23)24)13-15(22)19(8-9-25-13)12-4-7-20(18-12)11-2-5-17-6-3-11;/h2-7,13-14H,8-9H2,1H3,(H,23,24);1H/t13?,14-;/m1./s1. The second kappa shape index (κ2) is 8.60. The highest BCUT2D eigenvalue weighted by molar-refractivity contribution is 5.99. The third kappa shape index (κ3) is 4.41. The van der Waals surface area contributed by atoms with Crippen LogP contribution in [0.4, 0.5) is 5.82 Å². The molecule has 10 nitrogen and oxygen atoms in total. The van der Waals surface area contributed by atoms with Crippen LogP contribution < -0.4 is 4.90 Å². The number of amides is 1.